The van der Waals surface area contributed by atoms with Gasteiger partial charge in [-0.2, -0.15) is 9.47 Å². The van der Waals surface area contributed by atoms with Crippen LogP contribution in [0.2, 0.25) is 0 Å². The third-order valence-corrected chi connectivity index (χ3v) is 6.14. The Morgan fingerprint density at radius 3 is 2.68 bits per heavy atom. The van der Waals surface area contributed by atoms with Gasteiger partial charge in [0.1, 0.15) is 5.82 Å². The van der Waals surface area contributed by atoms with Crippen LogP contribution in [0.25, 0.3) is 0 Å². The van der Waals surface area contributed by atoms with Gasteiger partial charge in [-0.3, -0.25) is 9.48 Å². The SMILES string of the molecule is Cc1nn(C)c(C)c1[C@H]1[C@H](CNc2nc(C3CC3)ns2)CC(=O)N1C. The minimum Gasteiger partial charge on any atom is -0.360 e. The van der Waals surface area contributed by atoms with Gasteiger partial charge in [-0.15, -0.1) is 0 Å². The van der Waals surface area contributed by atoms with Crippen molar-refractivity contribution < 1.29 is 4.79 Å². The monoisotopic (exact) mass is 360 g/mol. The second kappa shape index (κ2) is 6.09. The molecule has 0 spiro atoms. The van der Waals surface area contributed by atoms with Gasteiger partial charge in [0.2, 0.25) is 11.0 Å². The molecular formula is C17H24N6OS. The van der Waals surface area contributed by atoms with Crippen LogP contribution in [0.5, 0.6) is 0 Å². The molecule has 0 unspecified atom stereocenters. The summed E-state index contributed by atoms with van der Waals surface area (Å²) < 4.78 is 6.34. The van der Waals surface area contributed by atoms with E-state index in [2.05, 4.69) is 26.7 Å². The van der Waals surface area contributed by atoms with E-state index in [0.29, 0.717) is 18.9 Å². The first-order valence-electron chi connectivity index (χ1n) is 8.79. The van der Waals surface area contributed by atoms with Crippen LogP contribution in [-0.4, -0.2) is 43.5 Å². The van der Waals surface area contributed by atoms with E-state index >= 15 is 0 Å². The Bertz CT molecular complexity index is 808. The second-order valence-corrected chi connectivity index (χ2v) is 7.99. The normalized spacial score (nSPS) is 23.5. The summed E-state index contributed by atoms with van der Waals surface area (Å²) in [5, 5.41) is 8.81. The molecule has 2 fully saturated rings. The number of nitrogens with zero attached hydrogens (tertiary/aromatic N) is 5. The fraction of sp³-hybridized carbons (Fsp3) is 0.647. The average Bonchev–Trinajstić information content (AvgIpc) is 3.19. The third-order valence-electron chi connectivity index (χ3n) is 5.45. The fourth-order valence-corrected chi connectivity index (χ4v) is 4.47. The number of aryl methyl sites for hydroxylation is 2. The number of rotatable bonds is 5. The lowest BCUT2D eigenvalue weighted by atomic mass is 9.92. The zero-order chi connectivity index (χ0) is 17.7. The van der Waals surface area contributed by atoms with Crippen molar-refractivity contribution in [3.63, 3.8) is 0 Å². The summed E-state index contributed by atoms with van der Waals surface area (Å²) in [6.45, 7) is 4.81. The van der Waals surface area contributed by atoms with E-state index < -0.39 is 0 Å². The molecule has 1 saturated carbocycles. The van der Waals surface area contributed by atoms with Crippen LogP contribution in [0.3, 0.4) is 0 Å². The van der Waals surface area contributed by atoms with Crippen molar-refractivity contribution in [2.45, 2.75) is 45.1 Å². The molecule has 134 valence electrons. The summed E-state index contributed by atoms with van der Waals surface area (Å²) in [5.41, 5.74) is 3.31. The number of carbonyl (C=O) groups excluding carboxylic acids is 1. The first-order valence-corrected chi connectivity index (χ1v) is 9.56. The highest BCUT2D eigenvalue weighted by molar-refractivity contribution is 7.09. The van der Waals surface area contributed by atoms with Gasteiger partial charge >= 0.3 is 0 Å². The van der Waals surface area contributed by atoms with Crippen LogP contribution >= 0.6 is 11.5 Å². The molecule has 3 heterocycles. The largest absolute Gasteiger partial charge is 0.360 e. The van der Waals surface area contributed by atoms with Crippen molar-refractivity contribution in [2.75, 3.05) is 18.9 Å². The lowest BCUT2D eigenvalue weighted by molar-refractivity contribution is -0.127. The quantitative estimate of drug-likeness (QED) is 0.886. The maximum atomic E-state index is 12.4. The highest BCUT2D eigenvalue weighted by atomic mass is 32.1. The molecule has 0 radical (unpaired) electrons. The second-order valence-electron chi connectivity index (χ2n) is 7.23. The maximum Gasteiger partial charge on any atom is 0.223 e. The predicted octanol–water partition coefficient (Wildman–Crippen LogP) is 2.40. The highest BCUT2D eigenvalue weighted by Crippen LogP contribution is 2.41. The van der Waals surface area contributed by atoms with Gasteiger partial charge < -0.3 is 10.2 Å². The van der Waals surface area contributed by atoms with Gasteiger partial charge in [0.25, 0.3) is 0 Å². The third kappa shape index (κ3) is 2.92. The van der Waals surface area contributed by atoms with Crippen molar-refractivity contribution >= 4 is 22.6 Å². The Balaban J connectivity index is 1.53. The fourth-order valence-electron chi connectivity index (χ4n) is 3.81. The summed E-state index contributed by atoms with van der Waals surface area (Å²) in [5.74, 6) is 1.94. The summed E-state index contributed by atoms with van der Waals surface area (Å²) in [6, 6.07) is 0.0597. The molecule has 7 nitrogen and oxygen atoms in total. The molecule has 0 bridgehead atoms. The molecule has 1 aliphatic heterocycles. The average molecular weight is 360 g/mol. The number of carbonyl (C=O) groups is 1. The summed E-state index contributed by atoms with van der Waals surface area (Å²) in [7, 11) is 3.85. The molecule has 0 aromatic carbocycles. The van der Waals surface area contributed by atoms with Crippen LogP contribution in [0.1, 0.15) is 54.0 Å². The van der Waals surface area contributed by atoms with Gasteiger partial charge in [0.05, 0.1) is 11.7 Å². The Labute approximate surface area is 151 Å². The Hall–Kier alpha value is -1.96. The van der Waals surface area contributed by atoms with Crippen molar-refractivity contribution in [3.05, 3.63) is 22.8 Å². The molecule has 1 amide bonds. The number of anilines is 1. The van der Waals surface area contributed by atoms with Gasteiger partial charge in [-0.25, -0.2) is 4.98 Å². The molecule has 2 aromatic rings. The van der Waals surface area contributed by atoms with E-state index in [4.69, 9.17) is 0 Å². The molecule has 2 aromatic heterocycles. The van der Waals surface area contributed by atoms with Crippen molar-refractivity contribution in [2.24, 2.45) is 13.0 Å². The standard InChI is InChI=1S/C17H24N6OS/c1-9-14(10(2)23(4)20-9)15-12(7-13(24)22(15)3)8-18-17-19-16(21-25-17)11-5-6-11/h11-12,15H,5-8H2,1-4H3,(H,18,19,21)/t12-,15+/m0/s1. The van der Waals surface area contributed by atoms with E-state index in [1.165, 1.54) is 29.9 Å². The van der Waals surface area contributed by atoms with Crippen molar-refractivity contribution in [1.82, 2.24) is 24.0 Å². The lowest BCUT2D eigenvalue weighted by Crippen LogP contribution is -2.27. The molecule has 1 aliphatic carbocycles. The number of aromatic nitrogens is 4. The molecular weight excluding hydrogens is 336 g/mol. The number of hydrogen-bond acceptors (Lipinski definition) is 6. The van der Waals surface area contributed by atoms with E-state index in [0.717, 1.165) is 22.3 Å². The zero-order valence-electron chi connectivity index (χ0n) is 15.1. The lowest BCUT2D eigenvalue weighted by Gasteiger charge is -2.26. The number of hydrogen-bond donors (Lipinski definition) is 1. The summed E-state index contributed by atoms with van der Waals surface area (Å²) in [4.78, 5) is 18.8. The minimum absolute atomic E-state index is 0.0597. The number of likely N-dealkylation sites (tertiary alicyclic amines) is 1. The Morgan fingerprint density at radius 2 is 2.04 bits per heavy atom. The number of nitrogens with one attached hydrogen (secondary N) is 1. The molecule has 2 aliphatic rings. The van der Waals surface area contributed by atoms with Gasteiger partial charge in [0.15, 0.2) is 0 Å². The Morgan fingerprint density at radius 1 is 1.28 bits per heavy atom. The zero-order valence-corrected chi connectivity index (χ0v) is 15.9. The Kier molecular flexibility index (Phi) is 4.02. The van der Waals surface area contributed by atoms with E-state index in [1.807, 2.05) is 30.6 Å². The highest BCUT2D eigenvalue weighted by Gasteiger charge is 2.41. The van der Waals surface area contributed by atoms with Crippen LogP contribution in [0.4, 0.5) is 5.13 Å². The summed E-state index contributed by atoms with van der Waals surface area (Å²) in [6.07, 6.45) is 2.97. The van der Waals surface area contributed by atoms with E-state index in [-0.39, 0.29) is 17.9 Å². The topological polar surface area (TPSA) is 75.9 Å². The smallest absolute Gasteiger partial charge is 0.223 e. The first-order chi connectivity index (χ1) is 12.0. The molecule has 1 N–H and O–H groups in total. The van der Waals surface area contributed by atoms with Crippen molar-refractivity contribution in [1.29, 1.82) is 0 Å². The van der Waals surface area contributed by atoms with E-state index in [9.17, 15) is 4.79 Å². The predicted molar refractivity (Wildman–Crippen MR) is 96.7 cm³/mol. The molecule has 8 heteroatoms. The van der Waals surface area contributed by atoms with Crippen LogP contribution in [0.15, 0.2) is 0 Å². The number of amides is 1. The van der Waals surface area contributed by atoms with Crippen LogP contribution in [-0.2, 0) is 11.8 Å². The minimum atomic E-state index is 0.0597. The van der Waals surface area contributed by atoms with Crippen LogP contribution < -0.4 is 5.32 Å². The van der Waals surface area contributed by atoms with Crippen molar-refractivity contribution in [3.8, 4) is 0 Å². The van der Waals surface area contributed by atoms with Gasteiger partial charge in [-0.05, 0) is 26.7 Å². The molecule has 25 heavy (non-hydrogen) atoms. The van der Waals surface area contributed by atoms with Gasteiger partial charge in [0, 0.05) is 61.7 Å². The molecule has 1 saturated heterocycles. The molecule has 4 rings (SSSR count). The van der Waals surface area contributed by atoms with Gasteiger partial charge in [-0.1, -0.05) is 0 Å². The maximum absolute atomic E-state index is 12.4. The van der Waals surface area contributed by atoms with Crippen LogP contribution in [0, 0.1) is 19.8 Å². The summed E-state index contributed by atoms with van der Waals surface area (Å²) >= 11 is 1.42. The molecule has 2 atom stereocenters. The first kappa shape index (κ1) is 16.5. The van der Waals surface area contributed by atoms with E-state index in [1.54, 1.807) is 0 Å².